The number of nitrogens with one attached hydrogen (secondary N) is 1. The first-order chi connectivity index (χ1) is 9.06. The summed E-state index contributed by atoms with van der Waals surface area (Å²) in [4.78, 5) is 13.9. The second-order valence-corrected chi connectivity index (χ2v) is 4.88. The highest BCUT2D eigenvalue weighted by atomic mass is 35.5. The van der Waals surface area contributed by atoms with Crippen LogP contribution in [-0.4, -0.2) is 30.4 Å². The van der Waals surface area contributed by atoms with Gasteiger partial charge < -0.3 is 5.32 Å². The number of carbonyl (C=O) groups is 1. The summed E-state index contributed by atoms with van der Waals surface area (Å²) in [7, 11) is 0. The molecule has 0 saturated carbocycles. The van der Waals surface area contributed by atoms with E-state index < -0.39 is 5.82 Å². The van der Waals surface area contributed by atoms with E-state index in [1.54, 1.807) is 0 Å². The highest BCUT2D eigenvalue weighted by molar-refractivity contribution is 6.30. The molecule has 0 aromatic heterocycles. The Hall–Kier alpha value is -1.13. The fourth-order valence-electron chi connectivity index (χ4n) is 1.89. The minimum Gasteiger partial charge on any atom is -0.322 e. The fourth-order valence-corrected chi connectivity index (χ4v) is 2.06. The number of anilines is 1. The third-order valence-electron chi connectivity index (χ3n) is 2.65. The Morgan fingerprint density at radius 1 is 1.32 bits per heavy atom. The number of halogens is 2. The van der Waals surface area contributed by atoms with E-state index in [9.17, 15) is 9.18 Å². The van der Waals surface area contributed by atoms with Crippen molar-refractivity contribution in [3.05, 3.63) is 29.0 Å². The molecule has 0 bridgehead atoms. The Morgan fingerprint density at radius 3 is 2.53 bits per heavy atom. The second-order valence-electron chi connectivity index (χ2n) is 4.45. The van der Waals surface area contributed by atoms with Gasteiger partial charge in [0.25, 0.3) is 0 Å². The molecule has 0 fully saturated rings. The van der Waals surface area contributed by atoms with Crippen molar-refractivity contribution in [3.8, 4) is 0 Å². The van der Waals surface area contributed by atoms with E-state index in [1.165, 1.54) is 18.2 Å². The van der Waals surface area contributed by atoms with Crippen LogP contribution in [0.25, 0.3) is 0 Å². The van der Waals surface area contributed by atoms with Crippen molar-refractivity contribution in [3.63, 3.8) is 0 Å². The lowest BCUT2D eigenvalue weighted by atomic mass is 10.3. The van der Waals surface area contributed by atoms with Gasteiger partial charge in [-0.2, -0.15) is 0 Å². The van der Waals surface area contributed by atoms with Gasteiger partial charge in [-0.25, -0.2) is 4.39 Å². The van der Waals surface area contributed by atoms with E-state index in [1.807, 2.05) is 0 Å². The highest BCUT2D eigenvalue weighted by Gasteiger charge is 2.11. The van der Waals surface area contributed by atoms with E-state index >= 15 is 0 Å². The zero-order valence-corrected chi connectivity index (χ0v) is 12.1. The second kappa shape index (κ2) is 8.12. The summed E-state index contributed by atoms with van der Waals surface area (Å²) in [5.74, 6) is -0.696. The SMILES string of the molecule is CCCN(CCC)CC(=O)Nc1cc(Cl)ccc1F. The topological polar surface area (TPSA) is 32.3 Å². The summed E-state index contributed by atoms with van der Waals surface area (Å²) in [5.41, 5.74) is 0.130. The molecule has 1 rings (SSSR count). The van der Waals surface area contributed by atoms with Gasteiger partial charge in [0.05, 0.1) is 12.2 Å². The largest absolute Gasteiger partial charge is 0.322 e. The standard InChI is InChI=1S/C14H20ClFN2O/c1-3-7-18(8-4-2)10-14(19)17-13-9-11(15)5-6-12(13)16/h5-6,9H,3-4,7-8,10H2,1-2H3,(H,17,19). The van der Waals surface area contributed by atoms with E-state index in [2.05, 4.69) is 24.1 Å². The molecular formula is C14H20ClFN2O. The quantitative estimate of drug-likeness (QED) is 0.831. The lowest BCUT2D eigenvalue weighted by molar-refractivity contribution is -0.117. The molecule has 0 radical (unpaired) electrons. The molecule has 0 heterocycles. The van der Waals surface area contributed by atoms with E-state index in [0.717, 1.165) is 25.9 Å². The first-order valence-corrected chi connectivity index (χ1v) is 6.91. The summed E-state index contributed by atoms with van der Waals surface area (Å²) in [5, 5.41) is 2.96. The fraction of sp³-hybridized carbons (Fsp3) is 0.500. The lowest BCUT2D eigenvalue weighted by Crippen LogP contribution is -2.34. The number of carbonyl (C=O) groups excluding carboxylic acids is 1. The Morgan fingerprint density at radius 2 is 1.95 bits per heavy atom. The molecule has 19 heavy (non-hydrogen) atoms. The monoisotopic (exact) mass is 286 g/mol. The summed E-state index contributed by atoms with van der Waals surface area (Å²) in [6, 6.07) is 4.11. The van der Waals surface area contributed by atoms with Gasteiger partial charge in [0.15, 0.2) is 0 Å². The van der Waals surface area contributed by atoms with Crippen LogP contribution in [0.2, 0.25) is 5.02 Å². The van der Waals surface area contributed by atoms with Crippen LogP contribution in [0.1, 0.15) is 26.7 Å². The molecule has 1 N–H and O–H groups in total. The minimum atomic E-state index is -0.477. The minimum absolute atomic E-state index is 0.130. The molecule has 1 amide bonds. The van der Waals surface area contributed by atoms with Crippen LogP contribution in [-0.2, 0) is 4.79 Å². The summed E-state index contributed by atoms with van der Waals surface area (Å²) in [6.45, 7) is 6.13. The van der Waals surface area contributed by atoms with Crippen LogP contribution in [0, 0.1) is 5.82 Å². The third-order valence-corrected chi connectivity index (χ3v) is 2.88. The maximum Gasteiger partial charge on any atom is 0.238 e. The van der Waals surface area contributed by atoms with Gasteiger partial charge in [0.2, 0.25) is 5.91 Å². The zero-order chi connectivity index (χ0) is 14.3. The average Bonchev–Trinajstić information content (AvgIpc) is 2.34. The van der Waals surface area contributed by atoms with Crippen molar-refractivity contribution in [2.45, 2.75) is 26.7 Å². The predicted molar refractivity (Wildman–Crippen MR) is 77.1 cm³/mol. The van der Waals surface area contributed by atoms with Crippen LogP contribution in [0.5, 0.6) is 0 Å². The molecule has 0 aliphatic carbocycles. The Labute approximate surface area is 118 Å². The molecule has 0 aliphatic heterocycles. The van der Waals surface area contributed by atoms with E-state index in [0.29, 0.717) is 5.02 Å². The van der Waals surface area contributed by atoms with Gasteiger partial charge in [-0.1, -0.05) is 25.4 Å². The van der Waals surface area contributed by atoms with Crippen LogP contribution in [0.15, 0.2) is 18.2 Å². The first kappa shape index (κ1) is 15.9. The van der Waals surface area contributed by atoms with Crippen molar-refractivity contribution >= 4 is 23.2 Å². The predicted octanol–water partition coefficient (Wildman–Crippen LogP) is 3.54. The number of hydrogen-bond donors (Lipinski definition) is 1. The molecule has 0 spiro atoms. The molecule has 0 saturated heterocycles. The highest BCUT2D eigenvalue weighted by Crippen LogP contribution is 2.19. The molecule has 0 atom stereocenters. The maximum atomic E-state index is 13.5. The summed E-state index contributed by atoms with van der Waals surface area (Å²) in [6.07, 6.45) is 1.97. The molecule has 3 nitrogen and oxygen atoms in total. The molecule has 0 aliphatic rings. The molecule has 5 heteroatoms. The number of nitrogens with zero attached hydrogens (tertiary/aromatic N) is 1. The summed E-state index contributed by atoms with van der Waals surface area (Å²) < 4.78 is 13.5. The Kier molecular flexibility index (Phi) is 6.81. The van der Waals surface area contributed by atoms with Crippen molar-refractivity contribution in [1.82, 2.24) is 4.90 Å². The number of benzene rings is 1. The normalized spacial score (nSPS) is 10.8. The van der Waals surface area contributed by atoms with Crippen molar-refractivity contribution < 1.29 is 9.18 Å². The number of rotatable bonds is 7. The zero-order valence-electron chi connectivity index (χ0n) is 11.4. The molecule has 1 aromatic rings. The maximum absolute atomic E-state index is 13.5. The molecule has 106 valence electrons. The van der Waals surface area contributed by atoms with Crippen molar-refractivity contribution in [2.24, 2.45) is 0 Å². The van der Waals surface area contributed by atoms with Gasteiger partial charge >= 0.3 is 0 Å². The summed E-state index contributed by atoms with van der Waals surface area (Å²) >= 11 is 5.78. The van der Waals surface area contributed by atoms with Crippen molar-refractivity contribution in [2.75, 3.05) is 25.0 Å². The molecular weight excluding hydrogens is 267 g/mol. The van der Waals surface area contributed by atoms with Gasteiger partial charge in [0.1, 0.15) is 5.82 Å². The lowest BCUT2D eigenvalue weighted by Gasteiger charge is -2.20. The number of hydrogen-bond acceptors (Lipinski definition) is 2. The van der Waals surface area contributed by atoms with Crippen LogP contribution in [0.4, 0.5) is 10.1 Å². The van der Waals surface area contributed by atoms with Crippen LogP contribution >= 0.6 is 11.6 Å². The average molecular weight is 287 g/mol. The smallest absolute Gasteiger partial charge is 0.238 e. The van der Waals surface area contributed by atoms with Gasteiger partial charge in [-0.15, -0.1) is 0 Å². The number of amides is 1. The first-order valence-electron chi connectivity index (χ1n) is 6.54. The van der Waals surface area contributed by atoms with Gasteiger partial charge in [0, 0.05) is 5.02 Å². The van der Waals surface area contributed by atoms with Crippen LogP contribution < -0.4 is 5.32 Å². The van der Waals surface area contributed by atoms with Gasteiger partial charge in [-0.3, -0.25) is 9.69 Å². The Balaban J connectivity index is 2.60. The van der Waals surface area contributed by atoms with E-state index in [-0.39, 0.29) is 18.1 Å². The van der Waals surface area contributed by atoms with Gasteiger partial charge in [-0.05, 0) is 44.1 Å². The van der Waals surface area contributed by atoms with E-state index in [4.69, 9.17) is 11.6 Å². The van der Waals surface area contributed by atoms with Crippen molar-refractivity contribution in [1.29, 1.82) is 0 Å². The molecule has 0 unspecified atom stereocenters. The molecule has 1 aromatic carbocycles. The Bertz CT molecular complexity index is 420. The third kappa shape index (κ3) is 5.57. The van der Waals surface area contributed by atoms with Crippen LogP contribution in [0.3, 0.4) is 0 Å².